The Kier molecular flexibility index (Phi) is 4.70. The van der Waals surface area contributed by atoms with Crippen molar-refractivity contribution < 1.29 is 9.53 Å². The van der Waals surface area contributed by atoms with E-state index in [1.54, 1.807) is 18.1 Å². The Morgan fingerprint density at radius 3 is 2.81 bits per heavy atom. The molecule has 3 N–H and O–H groups in total. The summed E-state index contributed by atoms with van der Waals surface area (Å²) in [6.45, 7) is 0.672. The van der Waals surface area contributed by atoms with Crippen molar-refractivity contribution in [3.05, 3.63) is 36.2 Å². The van der Waals surface area contributed by atoms with E-state index in [-0.39, 0.29) is 11.8 Å². The number of nitrogens with zero attached hydrogens (tertiary/aromatic N) is 5. The van der Waals surface area contributed by atoms with Gasteiger partial charge in [-0.15, -0.1) is 0 Å². The van der Waals surface area contributed by atoms with E-state index in [4.69, 9.17) is 4.74 Å². The molecule has 31 heavy (non-hydrogen) atoms. The number of hydrogen-bond acceptors (Lipinski definition) is 8. The molecule has 1 aliphatic heterocycles. The molecule has 0 radical (unpaired) electrons. The number of carbonyl (C=O) groups is 1. The quantitative estimate of drug-likeness (QED) is 0.559. The lowest BCUT2D eigenvalue weighted by atomic mass is 10.1. The van der Waals surface area contributed by atoms with Gasteiger partial charge >= 0.3 is 0 Å². The van der Waals surface area contributed by atoms with Gasteiger partial charge in [-0.25, -0.2) is 15.0 Å². The average molecular weight is 420 g/mol. The Bertz CT molecular complexity index is 1150. The number of ether oxygens (including phenoxy) is 1. The predicted molar refractivity (Wildman–Crippen MR) is 117 cm³/mol. The summed E-state index contributed by atoms with van der Waals surface area (Å²) >= 11 is 0. The van der Waals surface area contributed by atoms with Gasteiger partial charge in [0.2, 0.25) is 5.91 Å². The van der Waals surface area contributed by atoms with E-state index in [0.717, 1.165) is 41.2 Å². The van der Waals surface area contributed by atoms with Gasteiger partial charge in [-0.2, -0.15) is 5.10 Å². The molecule has 2 aliphatic rings. The minimum atomic E-state index is 0.0190. The van der Waals surface area contributed by atoms with E-state index >= 15 is 0 Å². The van der Waals surface area contributed by atoms with Crippen LogP contribution in [0.3, 0.4) is 0 Å². The molecular weight excluding hydrogens is 396 g/mol. The van der Waals surface area contributed by atoms with E-state index < -0.39 is 0 Å². The van der Waals surface area contributed by atoms with E-state index in [9.17, 15) is 4.79 Å². The Morgan fingerprint density at radius 1 is 1.26 bits per heavy atom. The van der Waals surface area contributed by atoms with Crippen LogP contribution in [0.4, 0.5) is 23.0 Å². The third kappa shape index (κ3) is 3.77. The molecule has 1 amide bonds. The van der Waals surface area contributed by atoms with Crippen LogP contribution in [-0.2, 0) is 18.4 Å². The maximum atomic E-state index is 12.3. The zero-order chi connectivity index (χ0) is 21.5. The zero-order valence-corrected chi connectivity index (χ0v) is 17.6. The third-order valence-electron chi connectivity index (χ3n) is 5.34. The standard InChI is InChI=1S/C21H24N8O2/c1-28-10-14-16(9-17(24-20(14)27-28)25-21(30)12-7-8-12)23-15-6-4-5-13(18(15)31-3)19-22-11-29(2)26-19/h4-6,9,11-12H,7-8,10H2,1-3H3,(H3,23,24,25,27,30). The molecule has 1 fully saturated rings. The maximum Gasteiger partial charge on any atom is 0.228 e. The number of methoxy groups -OCH3 is 1. The Hall–Kier alpha value is -3.66. The number of pyridine rings is 1. The minimum absolute atomic E-state index is 0.0190. The van der Waals surface area contributed by atoms with E-state index in [1.165, 1.54) is 0 Å². The van der Waals surface area contributed by atoms with E-state index in [2.05, 4.69) is 31.1 Å². The van der Waals surface area contributed by atoms with Gasteiger partial charge in [-0.05, 0) is 25.0 Å². The molecule has 0 spiro atoms. The van der Waals surface area contributed by atoms with Crippen molar-refractivity contribution in [1.82, 2.24) is 24.8 Å². The van der Waals surface area contributed by atoms with E-state index in [1.807, 2.05) is 43.4 Å². The summed E-state index contributed by atoms with van der Waals surface area (Å²) in [5.74, 6) is 2.58. The number of rotatable bonds is 6. The van der Waals surface area contributed by atoms with Gasteiger partial charge in [0.15, 0.2) is 11.6 Å². The number of carbonyl (C=O) groups excluding carboxylic acids is 1. The van der Waals surface area contributed by atoms with Crippen molar-refractivity contribution in [3.63, 3.8) is 0 Å². The normalized spacial score (nSPS) is 15.3. The molecule has 0 saturated heterocycles. The largest absolute Gasteiger partial charge is 0.494 e. The first-order chi connectivity index (χ1) is 15.0. The number of aromatic nitrogens is 4. The smallest absolute Gasteiger partial charge is 0.228 e. The fraction of sp³-hybridized carbons (Fsp3) is 0.333. The molecule has 2 aromatic heterocycles. The Morgan fingerprint density at radius 2 is 2.10 bits per heavy atom. The number of fused-ring (bicyclic) bond motifs is 1. The molecule has 0 bridgehead atoms. The van der Waals surface area contributed by atoms with Gasteiger partial charge in [0, 0.05) is 38.2 Å². The van der Waals surface area contributed by atoms with Gasteiger partial charge in [0.05, 0.1) is 24.0 Å². The highest BCUT2D eigenvalue weighted by Crippen LogP contribution is 2.40. The van der Waals surface area contributed by atoms with Crippen LogP contribution in [0.5, 0.6) is 5.75 Å². The van der Waals surface area contributed by atoms with Crippen LogP contribution in [0.1, 0.15) is 18.4 Å². The minimum Gasteiger partial charge on any atom is -0.494 e. The summed E-state index contributed by atoms with van der Waals surface area (Å²) in [4.78, 5) is 21.2. The number of para-hydroxylation sites is 1. The first kappa shape index (κ1) is 19.3. The highest BCUT2D eigenvalue weighted by molar-refractivity contribution is 5.94. The predicted octanol–water partition coefficient (Wildman–Crippen LogP) is 2.75. The maximum absolute atomic E-state index is 12.3. The molecule has 160 valence electrons. The number of anilines is 4. The highest BCUT2D eigenvalue weighted by Gasteiger charge is 2.30. The number of amides is 1. The van der Waals surface area contributed by atoms with Crippen LogP contribution in [0.15, 0.2) is 30.6 Å². The molecular formula is C21H24N8O2. The lowest BCUT2D eigenvalue weighted by molar-refractivity contribution is -0.117. The fourth-order valence-electron chi connectivity index (χ4n) is 3.67. The molecule has 3 heterocycles. The van der Waals surface area contributed by atoms with Crippen molar-refractivity contribution in [2.45, 2.75) is 19.4 Å². The van der Waals surface area contributed by atoms with Crippen molar-refractivity contribution >= 4 is 28.9 Å². The van der Waals surface area contributed by atoms with Crippen LogP contribution >= 0.6 is 0 Å². The second-order valence-electron chi connectivity index (χ2n) is 7.87. The summed E-state index contributed by atoms with van der Waals surface area (Å²) in [5.41, 5.74) is 6.64. The topological polar surface area (TPSA) is 109 Å². The molecule has 1 aromatic carbocycles. The summed E-state index contributed by atoms with van der Waals surface area (Å²) in [7, 11) is 5.40. The van der Waals surface area contributed by atoms with Crippen LogP contribution in [0.25, 0.3) is 11.4 Å². The number of nitrogens with one attached hydrogen (secondary N) is 3. The average Bonchev–Trinajstić information content (AvgIpc) is 3.40. The van der Waals surface area contributed by atoms with Crippen LogP contribution in [0, 0.1) is 5.92 Å². The molecule has 0 unspecified atom stereocenters. The first-order valence-electron chi connectivity index (χ1n) is 10.1. The van der Waals surface area contributed by atoms with Crippen LogP contribution in [0.2, 0.25) is 0 Å². The van der Waals surface area contributed by atoms with Crippen LogP contribution in [-0.4, -0.2) is 44.8 Å². The van der Waals surface area contributed by atoms with Gasteiger partial charge in [-0.1, -0.05) is 6.07 Å². The van der Waals surface area contributed by atoms with Crippen molar-refractivity contribution in [2.24, 2.45) is 13.0 Å². The number of hydrogen-bond donors (Lipinski definition) is 3. The zero-order valence-electron chi connectivity index (χ0n) is 17.6. The number of aryl methyl sites for hydroxylation is 1. The monoisotopic (exact) mass is 420 g/mol. The molecule has 1 aliphatic carbocycles. The molecule has 3 aromatic rings. The Labute approximate surface area is 179 Å². The summed E-state index contributed by atoms with van der Waals surface area (Å²) in [6.07, 6.45) is 3.53. The summed E-state index contributed by atoms with van der Waals surface area (Å²) in [6, 6.07) is 7.66. The number of benzene rings is 1. The van der Waals surface area contributed by atoms with Gasteiger partial charge < -0.3 is 20.8 Å². The molecule has 10 heteroatoms. The Balaban J connectivity index is 1.52. The summed E-state index contributed by atoms with van der Waals surface area (Å²) in [5, 5.41) is 12.8. The molecule has 5 rings (SSSR count). The fourth-order valence-corrected chi connectivity index (χ4v) is 3.67. The molecule has 0 atom stereocenters. The molecule has 10 nitrogen and oxygen atoms in total. The summed E-state index contributed by atoms with van der Waals surface area (Å²) < 4.78 is 7.38. The lowest BCUT2D eigenvalue weighted by Gasteiger charge is -2.16. The van der Waals surface area contributed by atoms with Crippen LogP contribution < -0.4 is 20.8 Å². The van der Waals surface area contributed by atoms with E-state index in [0.29, 0.717) is 23.9 Å². The number of hydrazine groups is 1. The van der Waals surface area contributed by atoms with Gasteiger partial charge in [0.25, 0.3) is 0 Å². The van der Waals surface area contributed by atoms with Crippen molar-refractivity contribution in [2.75, 3.05) is 30.2 Å². The second-order valence-corrected chi connectivity index (χ2v) is 7.87. The molecule has 1 saturated carbocycles. The van der Waals surface area contributed by atoms with Crippen molar-refractivity contribution in [1.29, 1.82) is 0 Å². The SMILES string of the molecule is COc1c(Nc2cc(NC(=O)C3CC3)nc3c2CN(C)N3)cccc1-c1ncn(C)n1. The van der Waals surface area contributed by atoms with Gasteiger partial charge in [0.1, 0.15) is 18.0 Å². The lowest BCUT2D eigenvalue weighted by Crippen LogP contribution is -2.17. The highest BCUT2D eigenvalue weighted by atomic mass is 16.5. The third-order valence-corrected chi connectivity index (χ3v) is 5.34. The first-order valence-corrected chi connectivity index (χ1v) is 10.1. The van der Waals surface area contributed by atoms with Gasteiger partial charge in [-0.3, -0.25) is 9.48 Å². The van der Waals surface area contributed by atoms with Crippen molar-refractivity contribution in [3.8, 4) is 17.1 Å². The second kappa shape index (κ2) is 7.55.